The fourth-order valence-corrected chi connectivity index (χ4v) is 0.878. The van der Waals surface area contributed by atoms with Crippen LogP contribution in [0, 0.1) is 0 Å². The number of halogens is 1. The Bertz CT molecular complexity index is 169. The molecule has 0 aromatic heterocycles. The predicted molar refractivity (Wildman–Crippen MR) is 49.1 cm³/mol. The van der Waals surface area contributed by atoms with Gasteiger partial charge in [0.15, 0.2) is 0 Å². The van der Waals surface area contributed by atoms with Crippen molar-refractivity contribution in [2.24, 2.45) is 4.99 Å². The molecule has 0 radical (unpaired) electrons. The Morgan fingerprint density at radius 2 is 2.25 bits per heavy atom. The first-order valence-corrected chi connectivity index (χ1v) is 4.12. The van der Waals surface area contributed by atoms with Crippen molar-refractivity contribution < 1.29 is 9.13 Å². The lowest BCUT2D eigenvalue weighted by Gasteiger charge is -2.03. The molecule has 12 heavy (non-hydrogen) atoms. The van der Waals surface area contributed by atoms with Crippen molar-refractivity contribution in [1.29, 1.82) is 0 Å². The van der Waals surface area contributed by atoms with Gasteiger partial charge in [-0.25, -0.2) is 4.39 Å². The van der Waals surface area contributed by atoms with E-state index in [0.29, 0.717) is 25.1 Å². The monoisotopic (exact) mass is 173 g/mol. The van der Waals surface area contributed by atoms with Gasteiger partial charge in [-0.1, -0.05) is 6.92 Å². The normalized spacial score (nSPS) is 13.3. The molecule has 0 heterocycles. The number of nitrogens with zero attached hydrogens (tertiary/aromatic N) is 1. The lowest BCUT2D eigenvalue weighted by Crippen LogP contribution is -1.91. The van der Waals surface area contributed by atoms with E-state index < -0.39 is 0 Å². The molecule has 0 rings (SSSR count). The van der Waals surface area contributed by atoms with Crippen molar-refractivity contribution in [2.75, 3.05) is 13.7 Å². The Hall–Kier alpha value is -0.860. The molecule has 0 unspecified atom stereocenters. The second-order valence-electron chi connectivity index (χ2n) is 2.30. The van der Waals surface area contributed by atoms with E-state index in [1.165, 1.54) is 7.11 Å². The van der Waals surface area contributed by atoms with Crippen LogP contribution in [0.3, 0.4) is 0 Å². The van der Waals surface area contributed by atoms with E-state index in [4.69, 9.17) is 4.74 Å². The highest BCUT2D eigenvalue weighted by atomic mass is 19.1. The summed E-state index contributed by atoms with van der Waals surface area (Å²) in [6, 6.07) is 0. The minimum atomic E-state index is -0.189. The molecule has 2 nitrogen and oxygen atoms in total. The summed E-state index contributed by atoms with van der Waals surface area (Å²) < 4.78 is 17.9. The number of aliphatic imine (C=N–C) groups is 1. The van der Waals surface area contributed by atoms with Crippen molar-refractivity contribution in [3.05, 3.63) is 11.6 Å². The van der Waals surface area contributed by atoms with Gasteiger partial charge in [0.05, 0.1) is 7.11 Å². The highest BCUT2D eigenvalue weighted by Crippen LogP contribution is 2.14. The first-order chi connectivity index (χ1) is 5.76. The maximum Gasteiger partial charge on any atom is 0.139 e. The fourth-order valence-electron chi connectivity index (χ4n) is 0.878. The van der Waals surface area contributed by atoms with E-state index in [0.717, 1.165) is 0 Å². The molecule has 0 aliphatic heterocycles. The molecule has 70 valence electrons. The van der Waals surface area contributed by atoms with Crippen LogP contribution in [0.4, 0.5) is 4.39 Å². The number of allylic oxidation sites excluding steroid dienone is 1. The summed E-state index contributed by atoms with van der Waals surface area (Å²) in [5, 5.41) is 0. The third-order valence-electron chi connectivity index (χ3n) is 1.51. The largest absolute Gasteiger partial charge is 0.498 e. The van der Waals surface area contributed by atoms with Crippen molar-refractivity contribution >= 4 is 6.21 Å². The van der Waals surface area contributed by atoms with E-state index >= 15 is 0 Å². The van der Waals surface area contributed by atoms with Gasteiger partial charge >= 0.3 is 0 Å². The molecule has 0 saturated heterocycles. The van der Waals surface area contributed by atoms with Crippen molar-refractivity contribution in [3.63, 3.8) is 0 Å². The van der Waals surface area contributed by atoms with Crippen LogP contribution < -0.4 is 0 Å². The maximum absolute atomic E-state index is 13.1. The average Bonchev–Trinajstić information content (AvgIpc) is 2.07. The van der Waals surface area contributed by atoms with Gasteiger partial charge < -0.3 is 4.74 Å². The van der Waals surface area contributed by atoms with Gasteiger partial charge in [-0.3, -0.25) is 4.99 Å². The van der Waals surface area contributed by atoms with Gasteiger partial charge in [-0.05, 0) is 13.1 Å². The second-order valence-corrected chi connectivity index (χ2v) is 2.30. The number of rotatable bonds is 5. The maximum atomic E-state index is 13.1. The van der Waals surface area contributed by atoms with Gasteiger partial charge in [-0.2, -0.15) is 0 Å². The Balaban J connectivity index is 3.95. The third kappa shape index (κ3) is 4.11. The van der Waals surface area contributed by atoms with E-state index in [1.54, 1.807) is 6.21 Å². The van der Waals surface area contributed by atoms with Gasteiger partial charge in [-0.15, -0.1) is 0 Å². The summed E-state index contributed by atoms with van der Waals surface area (Å²) in [5.41, 5.74) is 0. The van der Waals surface area contributed by atoms with Crippen LogP contribution >= 0.6 is 0 Å². The van der Waals surface area contributed by atoms with Gasteiger partial charge in [0, 0.05) is 19.4 Å². The van der Waals surface area contributed by atoms with Crippen LogP contribution in [0.1, 0.15) is 26.7 Å². The molecule has 0 spiro atoms. The van der Waals surface area contributed by atoms with E-state index in [-0.39, 0.29) is 5.83 Å². The molecule has 0 bridgehead atoms. The lowest BCUT2D eigenvalue weighted by molar-refractivity contribution is 0.261. The fraction of sp³-hybridized carbons (Fsp3) is 0.667. The molecule has 0 aromatic carbocycles. The van der Waals surface area contributed by atoms with E-state index in [2.05, 4.69) is 4.99 Å². The van der Waals surface area contributed by atoms with Crippen molar-refractivity contribution in [2.45, 2.75) is 26.7 Å². The molecule has 0 amide bonds. The zero-order chi connectivity index (χ0) is 9.40. The first-order valence-electron chi connectivity index (χ1n) is 4.12. The Morgan fingerprint density at radius 1 is 1.58 bits per heavy atom. The summed E-state index contributed by atoms with van der Waals surface area (Å²) in [7, 11) is 1.49. The van der Waals surface area contributed by atoms with E-state index in [9.17, 15) is 4.39 Å². The Morgan fingerprint density at radius 3 is 2.67 bits per heavy atom. The molecule has 0 aliphatic rings. The van der Waals surface area contributed by atoms with E-state index in [1.807, 2.05) is 13.8 Å². The number of hydrogen-bond acceptors (Lipinski definition) is 2. The van der Waals surface area contributed by atoms with Crippen LogP contribution in [0.2, 0.25) is 0 Å². The third-order valence-corrected chi connectivity index (χ3v) is 1.51. The highest BCUT2D eigenvalue weighted by Gasteiger charge is 2.03. The zero-order valence-corrected chi connectivity index (χ0v) is 7.93. The van der Waals surface area contributed by atoms with Crippen molar-refractivity contribution in [3.8, 4) is 0 Å². The second kappa shape index (κ2) is 6.83. The summed E-state index contributed by atoms with van der Waals surface area (Å²) in [6.45, 7) is 4.18. The zero-order valence-electron chi connectivity index (χ0n) is 7.93. The lowest BCUT2D eigenvalue weighted by atomic mass is 10.3. The molecule has 0 atom stereocenters. The molecule has 0 N–H and O–H groups in total. The van der Waals surface area contributed by atoms with Gasteiger partial charge in [0.25, 0.3) is 0 Å². The van der Waals surface area contributed by atoms with Crippen LogP contribution in [-0.2, 0) is 4.74 Å². The van der Waals surface area contributed by atoms with Gasteiger partial charge in [0.1, 0.15) is 11.6 Å². The highest BCUT2D eigenvalue weighted by molar-refractivity contribution is 5.53. The van der Waals surface area contributed by atoms with Crippen molar-refractivity contribution in [1.82, 2.24) is 0 Å². The average molecular weight is 173 g/mol. The summed E-state index contributed by atoms with van der Waals surface area (Å²) in [4.78, 5) is 3.91. The molecule has 0 fully saturated rings. The molecular weight excluding hydrogens is 157 g/mol. The van der Waals surface area contributed by atoms with Crippen LogP contribution in [0.25, 0.3) is 0 Å². The molecular formula is C9H16FNO. The minimum absolute atomic E-state index is 0.189. The molecule has 0 aromatic rings. The SMILES string of the molecule is C/C=N\CC/C(F)=C(\CC)OC. The molecule has 0 saturated carbocycles. The number of methoxy groups -OCH3 is 1. The Kier molecular flexibility index (Phi) is 6.34. The summed E-state index contributed by atoms with van der Waals surface area (Å²) in [5.74, 6) is 0.243. The van der Waals surface area contributed by atoms with Crippen LogP contribution in [-0.4, -0.2) is 19.9 Å². The smallest absolute Gasteiger partial charge is 0.139 e. The number of hydrogen-bond donors (Lipinski definition) is 0. The Labute approximate surface area is 73.1 Å². The minimum Gasteiger partial charge on any atom is -0.498 e. The number of ether oxygens (including phenoxy) is 1. The molecule has 3 heteroatoms. The summed E-state index contributed by atoms with van der Waals surface area (Å²) >= 11 is 0. The predicted octanol–water partition coefficient (Wildman–Crippen LogP) is 2.70. The summed E-state index contributed by atoms with van der Waals surface area (Å²) in [6.07, 6.45) is 2.60. The first kappa shape index (κ1) is 11.1. The topological polar surface area (TPSA) is 21.6 Å². The molecule has 0 aliphatic carbocycles. The van der Waals surface area contributed by atoms with Crippen LogP contribution in [0.15, 0.2) is 16.6 Å². The standard InChI is InChI=1S/C9H16FNO/c1-4-9(12-3)8(10)6-7-11-5-2/h5H,4,6-7H2,1-3H3/b9-8-,11-5-. The van der Waals surface area contributed by atoms with Gasteiger partial charge in [0.2, 0.25) is 0 Å². The van der Waals surface area contributed by atoms with Crippen LogP contribution in [0.5, 0.6) is 0 Å². The quantitative estimate of drug-likeness (QED) is 0.462.